The number of nitrogens with zero attached hydrogens (tertiary/aromatic N) is 2. The first-order valence-electron chi connectivity index (χ1n) is 10.6. The van der Waals surface area contributed by atoms with Crippen molar-refractivity contribution in [1.82, 2.24) is 20.4 Å². The number of rotatable bonds is 7. The normalized spacial score (nSPS) is 19.6. The highest BCUT2D eigenvalue weighted by molar-refractivity contribution is 6.09. The van der Waals surface area contributed by atoms with E-state index in [1.165, 1.54) is 29.3 Å². The molecule has 2 aromatic rings. The summed E-state index contributed by atoms with van der Waals surface area (Å²) in [6.07, 6.45) is 4.56. The van der Waals surface area contributed by atoms with Crippen LogP contribution in [0.5, 0.6) is 0 Å². The fraction of sp³-hybridized carbons (Fsp3) is 0.391. The highest BCUT2D eigenvalue weighted by Gasteiger charge is 2.49. The maximum atomic E-state index is 13.1. The Bertz CT molecular complexity index is 1060. The maximum absolute atomic E-state index is 13.1. The first kappa shape index (κ1) is 21.6. The van der Waals surface area contributed by atoms with Gasteiger partial charge in [0.2, 0.25) is 11.8 Å². The molecule has 2 aliphatic rings. The summed E-state index contributed by atoms with van der Waals surface area (Å²) in [5, 5.41) is 5.39. The van der Waals surface area contributed by atoms with Crippen LogP contribution in [-0.4, -0.2) is 53.7 Å². The molecule has 9 nitrogen and oxygen atoms in total. The van der Waals surface area contributed by atoms with Crippen LogP contribution in [0.4, 0.5) is 4.79 Å². The molecule has 0 saturated carbocycles. The number of carbonyl (C=O) groups excluding carboxylic acids is 4. The second-order valence-corrected chi connectivity index (χ2v) is 8.39. The molecule has 4 rings (SSSR count). The third-order valence-corrected chi connectivity index (χ3v) is 6.09. The van der Waals surface area contributed by atoms with E-state index in [4.69, 9.17) is 4.42 Å². The topological polar surface area (TPSA) is 112 Å². The van der Waals surface area contributed by atoms with Gasteiger partial charge in [-0.15, -0.1) is 0 Å². The summed E-state index contributed by atoms with van der Waals surface area (Å²) < 4.78 is 5.15. The number of fused-ring (bicyclic) bond motifs is 1. The van der Waals surface area contributed by atoms with E-state index >= 15 is 0 Å². The fourth-order valence-corrected chi connectivity index (χ4v) is 4.13. The lowest BCUT2D eigenvalue weighted by Crippen LogP contribution is -2.45. The van der Waals surface area contributed by atoms with E-state index in [0.29, 0.717) is 11.3 Å². The van der Waals surface area contributed by atoms with Crippen molar-refractivity contribution in [3.05, 3.63) is 59.0 Å². The number of nitrogens with one attached hydrogen (secondary N) is 2. The minimum absolute atomic E-state index is 0.203. The molecule has 1 fully saturated rings. The molecule has 2 heterocycles. The van der Waals surface area contributed by atoms with Crippen LogP contribution in [0.2, 0.25) is 0 Å². The number of benzene rings is 1. The zero-order valence-corrected chi connectivity index (χ0v) is 18.1. The zero-order chi connectivity index (χ0) is 22.9. The van der Waals surface area contributed by atoms with Crippen LogP contribution in [-0.2, 0) is 39.3 Å². The lowest BCUT2D eigenvalue weighted by molar-refractivity contribution is -0.139. The van der Waals surface area contributed by atoms with E-state index in [1.807, 2.05) is 18.2 Å². The van der Waals surface area contributed by atoms with Gasteiger partial charge < -0.3 is 20.0 Å². The van der Waals surface area contributed by atoms with E-state index in [-0.39, 0.29) is 19.0 Å². The van der Waals surface area contributed by atoms with Crippen molar-refractivity contribution in [2.24, 2.45) is 0 Å². The van der Waals surface area contributed by atoms with Crippen molar-refractivity contribution >= 4 is 23.8 Å². The third kappa shape index (κ3) is 4.10. The van der Waals surface area contributed by atoms with Gasteiger partial charge in [0.05, 0.1) is 19.4 Å². The smallest absolute Gasteiger partial charge is 0.325 e. The molecule has 1 aliphatic carbocycles. The van der Waals surface area contributed by atoms with Crippen LogP contribution in [0.3, 0.4) is 0 Å². The first-order chi connectivity index (χ1) is 15.3. The highest BCUT2D eigenvalue weighted by atomic mass is 16.3. The van der Waals surface area contributed by atoms with Gasteiger partial charge in [-0.2, -0.15) is 0 Å². The van der Waals surface area contributed by atoms with Gasteiger partial charge >= 0.3 is 6.03 Å². The number of likely N-dealkylation sites (N-methyl/N-ethyl adjacent to an activating group) is 1. The van der Waals surface area contributed by atoms with Crippen LogP contribution < -0.4 is 10.6 Å². The minimum atomic E-state index is -1.23. The molecule has 1 atom stereocenters. The standard InChI is InChI=1S/C23H26N4O5/c1-23(17-9-8-15-5-3-6-16(15)11-17)21(30)27(22(31)25-23)14-20(29)26(2)13-19(28)24-12-18-7-4-10-32-18/h4,7-11H,3,5-6,12-14H2,1-2H3,(H,24,28)(H,25,31). The lowest BCUT2D eigenvalue weighted by atomic mass is 9.89. The van der Waals surface area contributed by atoms with Crippen molar-refractivity contribution in [2.75, 3.05) is 20.1 Å². The summed E-state index contributed by atoms with van der Waals surface area (Å²) in [4.78, 5) is 52.5. The molecular formula is C23H26N4O5. The largest absolute Gasteiger partial charge is 0.467 e. The Morgan fingerprint density at radius 1 is 1.22 bits per heavy atom. The number of furan rings is 1. The van der Waals surface area contributed by atoms with Crippen molar-refractivity contribution in [2.45, 2.75) is 38.3 Å². The van der Waals surface area contributed by atoms with Crippen molar-refractivity contribution < 1.29 is 23.6 Å². The average molecular weight is 438 g/mol. The molecule has 1 saturated heterocycles. The van der Waals surface area contributed by atoms with Crippen molar-refractivity contribution in [3.8, 4) is 0 Å². The molecule has 1 aromatic carbocycles. The van der Waals surface area contributed by atoms with E-state index in [0.717, 1.165) is 24.2 Å². The summed E-state index contributed by atoms with van der Waals surface area (Å²) >= 11 is 0. The van der Waals surface area contributed by atoms with Gasteiger partial charge in [0.25, 0.3) is 5.91 Å². The van der Waals surface area contributed by atoms with Crippen LogP contribution in [0.25, 0.3) is 0 Å². The molecule has 0 bridgehead atoms. The van der Waals surface area contributed by atoms with Crippen LogP contribution in [0, 0.1) is 0 Å². The summed E-state index contributed by atoms with van der Waals surface area (Å²) in [7, 11) is 1.45. The number of hydrogen-bond acceptors (Lipinski definition) is 5. The first-order valence-corrected chi connectivity index (χ1v) is 10.6. The quantitative estimate of drug-likeness (QED) is 0.633. The predicted octanol–water partition coefficient (Wildman–Crippen LogP) is 1.31. The second-order valence-electron chi connectivity index (χ2n) is 8.39. The number of hydrogen-bond donors (Lipinski definition) is 2. The molecule has 9 heteroatoms. The molecule has 5 amide bonds. The minimum Gasteiger partial charge on any atom is -0.467 e. The summed E-state index contributed by atoms with van der Waals surface area (Å²) in [5.41, 5.74) is 1.94. The molecule has 0 spiro atoms. The zero-order valence-electron chi connectivity index (χ0n) is 18.1. The molecular weight excluding hydrogens is 412 g/mol. The van der Waals surface area contributed by atoms with Gasteiger partial charge in [-0.25, -0.2) is 4.79 Å². The van der Waals surface area contributed by atoms with Crippen molar-refractivity contribution in [3.63, 3.8) is 0 Å². The number of amides is 5. The molecule has 32 heavy (non-hydrogen) atoms. The average Bonchev–Trinajstić information content (AvgIpc) is 3.49. The maximum Gasteiger partial charge on any atom is 0.325 e. The second kappa shape index (κ2) is 8.49. The monoisotopic (exact) mass is 438 g/mol. The Labute approximate surface area is 185 Å². The third-order valence-electron chi connectivity index (χ3n) is 6.09. The number of imide groups is 1. The molecule has 168 valence electrons. The molecule has 1 aliphatic heterocycles. The van der Waals surface area contributed by atoms with Crippen LogP contribution >= 0.6 is 0 Å². The lowest BCUT2D eigenvalue weighted by Gasteiger charge is -2.24. The molecule has 1 unspecified atom stereocenters. The van der Waals surface area contributed by atoms with E-state index in [9.17, 15) is 19.2 Å². The Morgan fingerprint density at radius 3 is 2.75 bits per heavy atom. The van der Waals surface area contributed by atoms with Crippen LogP contribution in [0.1, 0.15) is 35.8 Å². The summed E-state index contributed by atoms with van der Waals surface area (Å²) in [5.74, 6) is -0.778. The summed E-state index contributed by atoms with van der Waals surface area (Å²) in [6, 6.07) is 8.66. The fourth-order valence-electron chi connectivity index (χ4n) is 4.13. The van der Waals surface area contributed by atoms with E-state index in [2.05, 4.69) is 10.6 Å². The predicted molar refractivity (Wildman–Crippen MR) is 114 cm³/mol. The number of aryl methyl sites for hydroxylation is 2. The molecule has 1 aromatic heterocycles. The van der Waals surface area contributed by atoms with E-state index in [1.54, 1.807) is 19.1 Å². The number of carbonyl (C=O) groups is 4. The number of urea groups is 1. The van der Waals surface area contributed by atoms with Gasteiger partial charge in [0.15, 0.2) is 0 Å². The highest BCUT2D eigenvalue weighted by Crippen LogP contribution is 2.32. The van der Waals surface area contributed by atoms with Gasteiger partial charge in [-0.05, 0) is 55.0 Å². The summed E-state index contributed by atoms with van der Waals surface area (Å²) in [6.45, 7) is 1.22. The molecule has 0 radical (unpaired) electrons. The Kier molecular flexibility index (Phi) is 5.73. The Hall–Kier alpha value is -3.62. The SMILES string of the molecule is CN(CC(=O)NCc1ccco1)C(=O)CN1C(=O)NC(C)(c2ccc3c(c2)CCC3)C1=O. The van der Waals surface area contributed by atoms with E-state index < -0.39 is 29.9 Å². The molecule has 2 N–H and O–H groups in total. The van der Waals surface area contributed by atoms with Gasteiger partial charge in [0, 0.05) is 7.05 Å². The van der Waals surface area contributed by atoms with Crippen molar-refractivity contribution in [1.29, 1.82) is 0 Å². The Morgan fingerprint density at radius 2 is 2.00 bits per heavy atom. The van der Waals surface area contributed by atoms with Gasteiger partial charge in [0.1, 0.15) is 17.8 Å². The van der Waals surface area contributed by atoms with Gasteiger partial charge in [-0.3, -0.25) is 19.3 Å². The van der Waals surface area contributed by atoms with Gasteiger partial charge in [-0.1, -0.05) is 18.2 Å². The van der Waals surface area contributed by atoms with Crippen LogP contribution in [0.15, 0.2) is 41.0 Å². The Balaban J connectivity index is 1.37.